The zero-order valence-electron chi connectivity index (χ0n) is 26.6. The number of carbonyl (C=O) groups excluding carboxylic acids is 1. The number of nitrogens with zero attached hydrogens (tertiary/aromatic N) is 3. The second-order valence-electron chi connectivity index (χ2n) is 11.2. The highest BCUT2D eigenvalue weighted by Crippen LogP contribution is 2.23. The maximum atomic E-state index is 13.6. The fourth-order valence-electron chi connectivity index (χ4n) is 4.89. The number of furan rings is 1. The van der Waals surface area contributed by atoms with Crippen molar-refractivity contribution in [3.8, 4) is 0 Å². The van der Waals surface area contributed by atoms with Crippen LogP contribution < -0.4 is 5.43 Å². The molecule has 5 rings (SSSR count). The molecule has 254 valence electrons. The molecule has 49 heavy (non-hydrogen) atoms. The Morgan fingerprint density at radius 1 is 0.735 bits per heavy atom. The van der Waals surface area contributed by atoms with Gasteiger partial charge in [-0.2, -0.15) is 13.7 Å². The minimum atomic E-state index is -3.98. The molecule has 13 heteroatoms. The van der Waals surface area contributed by atoms with Crippen LogP contribution in [0.25, 0.3) is 0 Å². The van der Waals surface area contributed by atoms with E-state index in [0.717, 1.165) is 21.0 Å². The van der Waals surface area contributed by atoms with E-state index in [4.69, 9.17) is 16.0 Å². The molecule has 0 aliphatic rings. The zero-order chi connectivity index (χ0) is 34.9. The van der Waals surface area contributed by atoms with Gasteiger partial charge in [0.1, 0.15) is 11.5 Å². The summed E-state index contributed by atoms with van der Waals surface area (Å²) in [6.45, 7) is 1.48. The van der Waals surface area contributed by atoms with Crippen molar-refractivity contribution in [2.75, 3.05) is 13.1 Å². The third-order valence-electron chi connectivity index (χ3n) is 7.52. The number of halogens is 1. The van der Waals surface area contributed by atoms with Crippen LogP contribution in [0.5, 0.6) is 0 Å². The van der Waals surface area contributed by atoms with Crippen molar-refractivity contribution in [2.45, 2.75) is 36.2 Å². The second-order valence-corrected chi connectivity index (χ2v) is 15.5. The average Bonchev–Trinajstić information content (AvgIpc) is 3.55. The molecule has 0 aliphatic carbocycles. The van der Waals surface area contributed by atoms with Crippen molar-refractivity contribution in [2.24, 2.45) is 5.10 Å². The molecule has 0 aliphatic heterocycles. The Hall–Kier alpha value is -4.59. The topological polar surface area (TPSA) is 129 Å². The summed E-state index contributed by atoms with van der Waals surface area (Å²) in [6, 6.07) is 34.1. The van der Waals surface area contributed by atoms with Gasteiger partial charge in [-0.15, -0.1) is 0 Å². The summed E-state index contributed by atoms with van der Waals surface area (Å²) < 4.78 is 62.5. The molecular weight excluding hydrogens is 684 g/mol. The maximum absolute atomic E-state index is 13.6. The Morgan fingerprint density at radius 2 is 1.35 bits per heavy atom. The first kappa shape index (κ1) is 35.7. The van der Waals surface area contributed by atoms with E-state index in [1.54, 1.807) is 66.7 Å². The molecule has 0 spiro atoms. The van der Waals surface area contributed by atoms with Gasteiger partial charge in [-0.1, -0.05) is 90.0 Å². The van der Waals surface area contributed by atoms with E-state index in [2.05, 4.69) is 10.5 Å². The number of hydrogen-bond donors (Lipinski definition) is 1. The number of hydrazone groups is 1. The van der Waals surface area contributed by atoms with Crippen LogP contribution in [0.1, 0.15) is 28.2 Å². The normalized spacial score (nSPS) is 12.2. The molecule has 0 bridgehead atoms. The number of sulfonamides is 2. The lowest BCUT2D eigenvalue weighted by molar-refractivity contribution is -0.121. The van der Waals surface area contributed by atoms with Crippen LogP contribution in [-0.2, 0) is 44.4 Å². The van der Waals surface area contributed by atoms with E-state index >= 15 is 0 Å². The van der Waals surface area contributed by atoms with Gasteiger partial charge in [0.2, 0.25) is 20.0 Å². The Kier molecular flexibility index (Phi) is 11.8. The van der Waals surface area contributed by atoms with E-state index in [0.29, 0.717) is 17.2 Å². The number of carbonyl (C=O) groups is 1. The summed E-state index contributed by atoms with van der Waals surface area (Å²) in [5.74, 6) is -0.0422. The molecule has 0 radical (unpaired) electrons. The third-order valence-corrected chi connectivity index (χ3v) is 11.4. The predicted molar refractivity (Wildman–Crippen MR) is 189 cm³/mol. The van der Waals surface area contributed by atoms with Gasteiger partial charge in [-0.25, -0.2) is 22.3 Å². The number of nitrogens with one attached hydrogen (secondary N) is 1. The minimum Gasteiger partial charge on any atom is -0.459 e. The van der Waals surface area contributed by atoms with Crippen molar-refractivity contribution < 1.29 is 26.0 Å². The third kappa shape index (κ3) is 9.74. The van der Waals surface area contributed by atoms with Gasteiger partial charge in [-0.3, -0.25) is 4.79 Å². The number of benzene rings is 4. The number of aryl methyl sites for hydroxylation is 1. The van der Waals surface area contributed by atoms with Gasteiger partial charge in [0.05, 0.1) is 29.1 Å². The van der Waals surface area contributed by atoms with Gasteiger partial charge in [-0.05, 0) is 73.0 Å². The summed E-state index contributed by atoms with van der Waals surface area (Å²) in [4.78, 5) is 13.2. The number of amides is 1. The van der Waals surface area contributed by atoms with Crippen LogP contribution in [0, 0.1) is 6.92 Å². The van der Waals surface area contributed by atoms with Crippen LogP contribution in [0.2, 0.25) is 5.02 Å². The number of rotatable bonds is 15. The van der Waals surface area contributed by atoms with Crippen LogP contribution in [-0.4, -0.2) is 50.7 Å². The van der Waals surface area contributed by atoms with E-state index < -0.39 is 32.5 Å². The van der Waals surface area contributed by atoms with Crippen molar-refractivity contribution in [3.05, 3.63) is 155 Å². The molecule has 10 nitrogen and oxygen atoms in total. The Balaban J connectivity index is 1.26. The van der Waals surface area contributed by atoms with Gasteiger partial charge in [0.25, 0.3) is 5.91 Å². The highest BCUT2D eigenvalue weighted by Gasteiger charge is 2.27. The quantitative estimate of drug-likeness (QED) is 0.104. The van der Waals surface area contributed by atoms with Gasteiger partial charge >= 0.3 is 0 Å². The molecule has 0 fully saturated rings. The van der Waals surface area contributed by atoms with Crippen LogP contribution in [0.3, 0.4) is 0 Å². The zero-order valence-corrected chi connectivity index (χ0v) is 29.0. The van der Waals surface area contributed by atoms with Crippen molar-refractivity contribution in [3.63, 3.8) is 0 Å². The van der Waals surface area contributed by atoms with E-state index in [1.807, 2.05) is 37.3 Å². The Bertz CT molecular complexity index is 2090. The fraction of sp³-hybridized carbons (Fsp3) is 0.167. The summed E-state index contributed by atoms with van der Waals surface area (Å²) in [5, 5.41) is 4.50. The molecule has 4 aromatic carbocycles. The monoisotopic (exact) mass is 718 g/mol. The summed E-state index contributed by atoms with van der Waals surface area (Å²) in [6.07, 6.45) is 1.67. The molecule has 0 atom stereocenters. The molecule has 1 heterocycles. The SMILES string of the molecule is Cc1ccc(S(=O)(=O)N(CCc2ccccc2)CC(=O)N/N=C\c2ccc(CN(Cc3ccc(Cl)cc3)S(=O)(=O)c3ccccc3)o2)cc1. The summed E-state index contributed by atoms with van der Waals surface area (Å²) in [5.41, 5.74) is 4.96. The second kappa shape index (κ2) is 16.2. The lowest BCUT2D eigenvalue weighted by Gasteiger charge is -2.21. The molecule has 0 saturated carbocycles. The predicted octanol–water partition coefficient (Wildman–Crippen LogP) is 6.02. The molecular formula is C36H35ClN4O6S2. The minimum absolute atomic E-state index is 0.0703. The van der Waals surface area contributed by atoms with Crippen molar-refractivity contribution in [1.82, 2.24) is 14.0 Å². The molecule has 0 saturated heterocycles. The van der Waals surface area contributed by atoms with Crippen molar-refractivity contribution in [1.29, 1.82) is 0 Å². The first-order valence-corrected chi connectivity index (χ1v) is 18.6. The smallest absolute Gasteiger partial charge is 0.255 e. The van der Waals surface area contributed by atoms with Crippen LogP contribution in [0.4, 0.5) is 0 Å². The molecule has 5 aromatic rings. The molecule has 0 unspecified atom stereocenters. The Morgan fingerprint density at radius 3 is 2.02 bits per heavy atom. The summed E-state index contributed by atoms with van der Waals surface area (Å²) >= 11 is 6.03. The number of hydrogen-bond acceptors (Lipinski definition) is 7. The Labute approximate surface area is 291 Å². The fourth-order valence-corrected chi connectivity index (χ4v) is 7.83. The highest BCUT2D eigenvalue weighted by atomic mass is 35.5. The van der Waals surface area contributed by atoms with E-state index in [1.165, 1.54) is 34.8 Å². The van der Waals surface area contributed by atoms with E-state index in [9.17, 15) is 21.6 Å². The standard InChI is InChI=1S/C36H35ClN4O6S2/c1-28-12-20-35(21-13-28)48(43,44)40(23-22-29-8-4-2-5-9-29)27-36(42)39-38-24-32-18-19-33(47-32)26-41(25-30-14-16-31(37)17-15-30)49(45,46)34-10-6-3-7-11-34/h2-21,24H,22-23,25-27H2,1H3,(H,39,42)/b38-24-. The average molecular weight is 719 g/mol. The highest BCUT2D eigenvalue weighted by molar-refractivity contribution is 7.89. The summed E-state index contributed by atoms with van der Waals surface area (Å²) in [7, 11) is -7.88. The van der Waals surface area contributed by atoms with Gasteiger partial charge in [0.15, 0.2) is 0 Å². The van der Waals surface area contributed by atoms with Crippen LogP contribution in [0.15, 0.2) is 141 Å². The molecule has 1 amide bonds. The van der Waals surface area contributed by atoms with Gasteiger partial charge in [0, 0.05) is 18.1 Å². The van der Waals surface area contributed by atoms with E-state index in [-0.39, 0.29) is 35.2 Å². The largest absolute Gasteiger partial charge is 0.459 e. The lowest BCUT2D eigenvalue weighted by atomic mass is 10.1. The lowest BCUT2D eigenvalue weighted by Crippen LogP contribution is -2.40. The molecule has 1 aromatic heterocycles. The maximum Gasteiger partial charge on any atom is 0.255 e. The van der Waals surface area contributed by atoms with Crippen LogP contribution >= 0.6 is 11.6 Å². The van der Waals surface area contributed by atoms with Crippen molar-refractivity contribution >= 4 is 43.8 Å². The van der Waals surface area contributed by atoms with Gasteiger partial charge < -0.3 is 4.42 Å². The first-order chi connectivity index (χ1) is 23.5. The molecule has 1 N–H and O–H groups in total. The first-order valence-electron chi connectivity index (χ1n) is 15.3.